The zero-order chi connectivity index (χ0) is 13.8. The molecule has 1 aromatic carbocycles. The van der Waals surface area contributed by atoms with Crippen LogP contribution in [-0.4, -0.2) is 44.5 Å². The first-order chi connectivity index (χ1) is 8.30. The van der Waals surface area contributed by atoms with Crippen molar-refractivity contribution in [1.82, 2.24) is 4.72 Å². The highest BCUT2D eigenvalue weighted by molar-refractivity contribution is 7.89. The van der Waals surface area contributed by atoms with E-state index in [2.05, 4.69) is 4.72 Å². The number of aliphatic hydroxyl groups is 2. The van der Waals surface area contributed by atoms with Gasteiger partial charge < -0.3 is 14.9 Å². The molecule has 1 aromatic rings. The van der Waals surface area contributed by atoms with Crippen LogP contribution in [0.3, 0.4) is 0 Å². The van der Waals surface area contributed by atoms with Gasteiger partial charge in [-0.3, -0.25) is 0 Å². The average molecular weight is 275 g/mol. The van der Waals surface area contributed by atoms with E-state index in [1.54, 1.807) is 0 Å². The Morgan fingerprint density at radius 2 is 1.89 bits per heavy atom. The van der Waals surface area contributed by atoms with Crippen molar-refractivity contribution in [3.8, 4) is 5.75 Å². The molecule has 1 atom stereocenters. The van der Waals surface area contributed by atoms with Crippen LogP contribution in [0.15, 0.2) is 29.2 Å². The molecule has 0 aliphatic heterocycles. The summed E-state index contributed by atoms with van der Waals surface area (Å²) in [4.78, 5) is 0.0667. The van der Waals surface area contributed by atoms with Gasteiger partial charge >= 0.3 is 0 Å². The third-order valence-electron chi connectivity index (χ3n) is 2.35. The van der Waals surface area contributed by atoms with Gasteiger partial charge in [0, 0.05) is 6.54 Å². The van der Waals surface area contributed by atoms with Crippen LogP contribution >= 0.6 is 0 Å². The topological polar surface area (TPSA) is 95.9 Å². The number of aliphatic hydroxyl groups excluding tert-OH is 1. The van der Waals surface area contributed by atoms with Gasteiger partial charge in [0.2, 0.25) is 10.0 Å². The lowest BCUT2D eigenvalue weighted by atomic mass is 10.1. The summed E-state index contributed by atoms with van der Waals surface area (Å²) >= 11 is 0. The number of ether oxygens (including phenoxy) is 1. The molecular weight excluding hydrogens is 258 g/mol. The Kier molecular flexibility index (Phi) is 4.69. The molecule has 0 heterocycles. The molecule has 0 fully saturated rings. The predicted molar refractivity (Wildman–Crippen MR) is 65.9 cm³/mol. The molecule has 0 saturated heterocycles. The second-order valence-electron chi connectivity index (χ2n) is 4.16. The molecule has 0 amide bonds. The van der Waals surface area contributed by atoms with Gasteiger partial charge in [-0.25, -0.2) is 13.1 Å². The monoisotopic (exact) mass is 275 g/mol. The molecule has 0 aliphatic carbocycles. The molecule has 0 spiro atoms. The van der Waals surface area contributed by atoms with E-state index in [1.807, 2.05) is 0 Å². The SMILES string of the molecule is COc1ccc(S(=O)(=O)NCC(C)(O)CO)cc1. The van der Waals surface area contributed by atoms with Crippen molar-refractivity contribution >= 4 is 10.0 Å². The second-order valence-corrected chi connectivity index (χ2v) is 5.92. The molecule has 0 bridgehead atoms. The van der Waals surface area contributed by atoms with Crippen LogP contribution in [0.25, 0.3) is 0 Å². The maximum absolute atomic E-state index is 11.8. The van der Waals surface area contributed by atoms with Crippen LogP contribution in [0.1, 0.15) is 6.92 Å². The van der Waals surface area contributed by atoms with Gasteiger partial charge in [-0.1, -0.05) is 0 Å². The molecule has 7 heteroatoms. The van der Waals surface area contributed by atoms with Crippen LogP contribution in [0.5, 0.6) is 5.75 Å². The summed E-state index contributed by atoms with van der Waals surface area (Å²) in [5, 5.41) is 18.3. The number of nitrogens with one attached hydrogen (secondary N) is 1. The van der Waals surface area contributed by atoms with E-state index in [9.17, 15) is 13.5 Å². The highest BCUT2D eigenvalue weighted by Crippen LogP contribution is 2.15. The van der Waals surface area contributed by atoms with Gasteiger partial charge in [-0.15, -0.1) is 0 Å². The first-order valence-corrected chi connectivity index (χ1v) is 6.76. The number of methoxy groups -OCH3 is 1. The van der Waals surface area contributed by atoms with Crippen molar-refractivity contribution in [3.05, 3.63) is 24.3 Å². The van der Waals surface area contributed by atoms with Crippen LogP contribution in [-0.2, 0) is 10.0 Å². The summed E-state index contributed by atoms with van der Waals surface area (Å²) in [7, 11) is -2.22. The average Bonchev–Trinajstić information content (AvgIpc) is 2.37. The third-order valence-corrected chi connectivity index (χ3v) is 3.77. The largest absolute Gasteiger partial charge is 0.497 e. The number of sulfonamides is 1. The summed E-state index contributed by atoms with van der Waals surface area (Å²) in [6.07, 6.45) is 0. The summed E-state index contributed by atoms with van der Waals surface area (Å²) in [5.74, 6) is 0.552. The normalized spacial score (nSPS) is 15.1. The van der Waals surface area contributed by atoms with Crippen molar-refractivity contribution in [2.45, 2.75) is 17.4 Å². The van der Waals surface area contributed by atoms with Crippen LogP contribution in [0, 0.1) is 0 Å². The number of hydrogen-bond acceptors (Lipinski definition) is 5. The molecular formula is C11H17NO5S. The molecule has 0 radical (unpaired) electrons. The minimum absolute atomic E-state index is 0.0667. The standard InChI is InChI=1S/C11H17NO5S/c1-11(14,8-13)7-12-18(15,16)10-5-3-9(17-2)4-6-10/h3-6,12-14H,7-8H2,1-2H3. The minimum Gasteiger partial charge on any atom is -0.497 e. The van der Waals surface area contributed by atoms with E-state index in [0.29, 0.717) is 5.75 Å². The fourth-order valence-corrected chi connectivity index (χ4v) is 2.31. The quantitative estimate of drug-likeness (QED) is 0.663. The minimum atomic E-state index is -3.71. The van der Waals surface area contributed by atoms with Gasteiger partial charge in [0.25, 0.3) is 0 Å². The Bertz CT molecular complexity index is 481. The van der Waals surface area contributed by atoms with E-state index >= 15 is 0 Å². The zero-order valence-electron chi connectivity index (χ0n) is 10.3. The number of benzene rings is 1. The van der Waals surface area contributed by atoms with Crippen molar-refractivity contribution in [2.24, 2.45) is 0 Å². The Labute approximate surface area is 106 Å². The molecule has 18 heavy (non-hydrogen) atoms. The van der Waals surface area contributed by atoms with Crippen molar-refractivity contribution in [3.63, 3.8) is 0 Å². The van der Waals surface area contributed by atoms with Gasteiger partial charge in [-0.05, 0) is 31.2 Å². The third kappa shape index (κ3) is 3.95. The van der Waals surface area contributed by atoms with Gasteiger partial charge in [0.15, 0.2) is 0 Å². The molecule has 0 saturated carbocycles. The lowest BCUT2D eigenvalue weighted by molar-refractivity contribution is 0.00681. The van der Waals surface area contributed by atoms with Gasteiger partial charge in [0.1, 0.15) is 5.75 Å². The highest BCUT2D eigenvalue weighted by Gasteiger charge is 2.23. The van der Waals surface area contributed by atoms with E-state index in [4.69, 9.17) is 9.84 Å². The molecule has 1 unspecified atom stereocenters. The maximum Gasteiger partial charge on any atom is 0.240 e. The zero-order valence-corrected chi connectivity index (χ0v) is 11.1. The highest BCUT2D eigenvalue weighted by atomic mass is 32.2. The fraction of sp³-hybridized carbons (Fsp3) is 0.455. The van der Waals surface area contributed by atoms with E-state index in [-0.39, 0.29) is 11.4 Å². The van der Waals surface area contributed by atoms with Gasteiger partial charge in [0.05, 0.1) is 24.2 Å². The summed E-state index contributed by atoms with van der Waals surface area (Å²) in [6.45, 7) is 0.541. The molecule has 102 valence electrons. The summed E-state index contributed by atoms with van der Waals surface area (Å²) in [6, 6.07) is 5.85. The Morgan fingerprint density at radius 1 is 1.33 bits per heavy atom. The van der Waals surface area contributed by atoms with Crippen LogP contribution < -0.4 is 9.46 Å². The van der Waals surface area contributed by atoms with Gasteiger partial charge in [-0.2, -0.15) is 0 Å². The lowest BCUT2D eigenvalue weighted by Gasteiger charge is -2.20. The van der Waals surface area contributed by atoms with Crippen LogP contribution in [0.2, 0.25) is 0 Å². The molecule has 0 aliphatic rings. The smallest absolute Gasteiger partial charge is 0.240 e. The molecule has 0 aromatic heterocycles. The summed E-state index contributed by atoms with van der Waals surface area (Å²) < 4.78 is 30.9. The first kappa shape index (κ1) is 14.9. The molecule has 1 rings (SSSR count). The Hall–Kier alpha value is -1.15. The molecule has 6 nitrogen and oxygen atoms in total. The second kappa shape index (κ2) is 5.66. The van der Waals surface area contributed by atoms with Crippen molar-refractivity contribution < 1.29 is 23.4 Å². The van der Waals surface area contributed by atoms with Crippen molar-refractivity contribution in [2.75, 3.05) is 20.3 Å². The van der Waals surface area contributed by atoms with Crippen molar-refractivity contribution in [1.29, 1.82) is 0 Å². The maximum atomic E-state index is 11.8. The summed E-state index contributed by atoms with van der Waals surface area (Å²) in [5.41, 5.74) is -1.49. The number of rotatable bonds is 6. The first-order valence-electron chi connectivity index (χ1n) is 5.28. The van der Waals surface area contributed by atoms with E-state index in [0.717, 1.165) is 0 Å². The fourth-order valence-electron chi connectivity index (χ4n) is 1.14. The lowest BCUT2D eigenvalue weighted by Crippen LogP contribution is -2.43. The molecule has 3 N–H and O–H groups in total. The Balaban J connectivity index is 2.80. The van der Waals surface area contributed by atoms with Crippen LogP contribution in [0.4, 0.5) is 0 Å². The van der Waals surface area contributed by atoms with E-state index < -0.39 is 22.2 Å². The van der Waals surface area contributed by atoms with E-state index in [1.165, 1.54) is 38.3 Å². The predicted octanol–water partition coefficient (Wildman–Crippen LogP) is -0.283. The number of hydrogen-bond donors (Lipinski definition) is 3. The Morgan fingerprint density at radius 3 is 2.33 bits per heavy atom.